The highest BCUT2D eigenvalue weighted by Crippen LogP contribution is 2.33. The van der Waals surface area contributed by atoms with E-state index in [1.807, 2.05) is 13.8 Å². The zero-order valence-electron chi connectivity index (χ0n) is 23.0. The van der Waals surface area contributed by atoms with E-state index in [1.165, 1.54) is 22.5 Å². The fourth-order valence-electron chi connectivity index (χ4n) is 4.89. The lowest BCUT2D eigenvalue weighted by atomic mass is 9.89. The second-order valence-electron chi connectivity index (χ2n) is 10.2. The lowest BCUT2D eigenvalue weighted by Gasteiger charge is -2.34. The van der Waals surface area contributed by atoms with Gasteiger partial charge in [-0.25, -0.2) is 8.42 Å². The molecule has 0 aromatic heterocycles. The number of nitrogens with zero attached hydrogens (tertiary/aromatic N) is 2. The van der Waals surface area contributed by atoms with Gasteiger partial charge in [0.05, 0.1) is 19.3 Å². The van der Waals surface area contributed by atoms with Crippen molar-refractivity contribution in [2.24, 2.45) is 4.99 Å². The lowest BCUT2D eigenvalue weighted by molar-refractivity contribution is -0.274. The van der Waals surface area contributed by atoms with E-state index in [2.05, 4.69) is 15.0 Å². The van der Waals surface area contributed by atoms with Gasteiger partial charge in [0.1, 0.15) is 22.9 Å². The van der Waals surface area contributed by atoms with Crippen LogP contribution in [0.25, 0.3) is 6.08 Å². The number of nitrogens with one attached hydrogen (secondary N) is 1. The van der Waals surface area contributed by atoms with Crippen LogP contribution in [0, 0.1) is 13.8 Å². The molecule has 1 amide bonds. The molecule has 2 aromatic rings. The molecule has 1 unspecified atom stereocenters. The molecule has 228 valence electrons. The maximum Gasteiger partial charge on any atom is 0.573 e. The van der Waals surface area contributed by atoms with Crippen LogP contribution in [0.2, 0.25) is 0 Å². The van der Waals surface area contributed by atoms with E-state index in [4.69, 9.17) is 9.84 Å². The highest BCUT2D eigenvalue weighted by Gasteiger charge is 2.47. The zero-order valence-corrected chi connectivity index (χ0v) is 23.8. The van der Waals surface area contributed by atoms with Crippen molar-refractivity contribution in [1.82, 2.24) is 9.62 Å². The number of sulfonamides is 1. The van der Waals surface area contributed by atoms with Crippen LogP contribution >= 0.6 is 0 Å². The summed E-state index contributed by atoms with van der Waals surface area (Å²) in [6.45, 7) is 3.56. The van der Waals surface area contributed by atoms with Crippen LogP contribution in [-0.4, -0.2) is 79.0 Å². The Morgan fingerprint density at radius 2 is 1.83 bits per heavy atom. The zero-order chi connectivity index (χ0) is 30.7. The third-order valence-corrected chi connectivity index (χ3v) is 8.62. The molecule has 2 aromatic carbocycles. The molecule has 0 saturated carbocycles. The van der Waals surface area contributed by atoms with Crippen molar-refractivity contribution in [2.75, 3.05) is 26.3 Å². The van der Waals surface area contributed by atoms with E-state index >= 15 is 0 Å². The smallest absolute Gasteiger partial charge is 0.493 e. The standard InChI is InChI=1S/C28H32F3N3O7S/c1-18-14-20(15-19(2)24(18)40-12-6-22(36)17-35)7-13-42(38,39)34-10-8-27(9-11-34)26(37)32-25(33-27)21-4-3-5-23(16-21)41-28(29,30)31/h3-5,7,13-16,22,35-36H,6,8-12,17H2,1-2H3,(H,32,33,37)/b13-7+. The van der Waals surface area contributed by atoms with E-state index in [0.717, 1.165) is 28.7 Å². The Morgan fingerprint density at radius 1 is 1.17 bits per heavy atom. The Morgan fingerprint density at radius 3 is 2.45 bits per heavy atom. The quantitative estimate of drug-likeness (QED) is 0.376. The van der Waals surface area contributed by atoms with Crippen molar-refractivity contribution >= 4 is 27.8 Å². The van der Waals surface area contributed by atoms with Gasteiger partial charge >= 0.3 is 6.36 Å². The molecule has 1 spiro atoms. The third-order valence-electron chi connectivity index (χ3n) is 7.05. The molecule has 10 nitrogen and oxygen atoms in total. The molecule has 14 heteroatoms. The van der Waals surface area contributed by atoms with E-state index in [-0.39, 0.29) is 57.0 Å². The van der Waals surface area contributed by atoms with Crippen molar-refractivity contribution in [3.8, 4) is 11.5 Å². The van der Waals surface area contributed by atoms with Gasteiger partial charge in [0, 0.05) is 30.5 Å². The minimum atomic E-state index is -4.87. The topological polar surface area (TPSA) is 138 Å². The van der Waals surface area contributed by atoms with E-state index in [0.29, 0.717) is 11.3 Å². The number of halogens is 3. The van der Waals surface area contributed by atoms with Crippen molar-refractivity contribution in [2.45, 2.75) is 51.1 Å². The SMILES string of the molecule is Cc1cc(/C=C/S(=O)(=O)N2CCC3(CC2)N=C(c2cccc(OC(F)(F)F)c2)NC3=O)cc(C)c1OCCC(O)CO. The summed E-state index contributed by atoms with van der Waals surface area (Å²) in [7, 11) is -3.83. The molecule has 3 N–H and O–H groups in total. The fourth-order valence-corrected chi connectivity index (χ4v) is 6.08. The van der Waals surface area contributed by atoms with Crippen LogP contribution in [0.15, 0.2) is 46.8 Å². The molecule has 1 atom stereocenters. The number of aliphatic imine (C=N–C) groups is 1. The molecule has 2 aliphatic heterocycles. The Labute approximate surface area is 241 Å². The first-order chi connectivity index (χ1) is 19.7. The lowest BCUT2D eigenvalue weighted by Crippen LogP contribution is -2.50. The number of hydrogen-bond acceptors (Lipinski definition) is 8. The number of aryl methyl sites for hydroxylation is 2. The number of aliphatic hydroxyl groups excluding tert-OH is 2. The van der Waals surface area contributed by atoms with Gasteiger partial charge in [-0.2, -0.15) is 4.31 Å². The number of rotatable bonds is 10. The maximum absolute atomic E-state index is 13.1. The fraction of sp³-hybridized carbons (Fsp3) is 0.429. The second kappa shape index (κ2) is 12.4. The molecule has 2 aliphatic rings. The van der Waals surface area contributed by atoms with E-state index in [9.17, 15) is 31.5 Å². The number of carbonyl (C=O) groups excluding carboxylic acids is 1. The van der Waals surface area contributed by atoms with Crippen molar-refractivity contribution in [1.29, 1.82) is 0 Å². The molecular formula is C28H32F3N3O7S. The second-order valence-corrected chi connectivity index (χ2v) is 12.0. The number of benzene rings is 2. The van der Waals surface area contributed by atoms with Crippen LogP contribution in [0.4, 0.5) is 13.2 Å². The van der Waals surface area contributed by atoms with Crippen LogP contribution in [0.5, 0.6) is 11.5 Å². The van der Waals surface area contributed by atoms with E-state index < -0.39 is 39.7 Å². The molecule has 1 fully saturated rings. The summed E-state index contributed by atoms with van der Waals surface area (Å²) >= 11 is 0. The molecule has 4 rings (SSSR count). The summed E-state index contributed by atoms with van der Waals surface area (Å²) in [4.78, 5) is 17.4. The van der Waals surface area contributed by atoms with Gasteiger partial charge in [-0.3, -0.25) is 9.79 Å². The Kier molecular flexibility index (Phi) is 9.30. The minimum absolute atomic E-state index is 0.0264. The highest BCUT2D eigenvalue weighted by atomic mass is 32.2. The number of amidine groups is 1. The predicted molar refractivity (Wildman–Crippen MR) is 148 cm³/mol. The van der Waals surface area contributed by atoms with Crippen molar-refractivity contribution in [3.05, 3.63) is 64.1 Å². The van der Waals surface area contributed by atoms with Gasteiger partial charge in [0.25, 0.3) is 5.91 Å². The largest absolute Gasteiger partial charge is 0.573 e. The Balaban J connectivity index is 1.41. The number of ether oxygens (including phenoxy) is 2. The number of carbonyl (C=O) groups is 1. The average molecular weight is 612 g/mol. The molecule has 42 heavy (non-hydrogen) atoms. The summed E-state index contributed by atoms with van der Waals surface area (Å²) in [5.74, 6) is -0.162. The molecule has 0 aliphatic carbocycles. The van der Waals surface area contributed by atoms with Crippen LogP contribution < -0.4 is 14.8 Å². The first-order valence-corrected chi connectivity index (χ1v) is 14.7. The molecule has 0 bridgehead atoms. The first-order valence-electron chi connectivity index (χ1n) is 13.2. The van der Waals surface area contributed by atoms with Gasteiger partial charge in [0.15, 0.2) is 0 Å². The average Bonchev–Trinajstić information content (AvgIpc) is 3.23. The summed E-state index contributed by atoms with van der Waals surface area (Å²) in [6, 6.07) is 8.66. The summed E-state index contributed by atoms with van der Waals surface area (Å²) in [6.07, 6.45) is -3.78. The highest BCUT2D eigenvalue weighted by molar-refractivity contribution is 7.92. The van der Waals surface area contributed by atoms with Gasteiger partial charge in [-0.1, -0.05) is 12.1 Å². The Hall–Kier alpha value is -3.46. The van der Waals surface area contributed by atoms with Crippen LogP contribution in [-0.2, 0) is 14.8 Å². The molecule has 2 heterocycles. The predicted octanol–water partition coefficient (Wildman–Crippen LogP) is 3.04. The number of aliphatic hydroxyl groups is 2. The van der Waals surface area contributed by atoms with Gasteiger partial charge < -0.3 is 25.0 Å². The molecular weight excluding hydrogens is 579 g/mol. The van der Waals surface area contributed by atoms with Gasteiger partial charge in [-0.15, -0.1) is 13.2 Å². The number of alkyl halides is 3. The maximum atomic E-state index is 13.1. The van der Waals surface area contributed by atoms with Crippen LogP contribution in [0.1, 0.15) is 41.5 Å². The summed E-state index contributed by atoms with van der Waals surface area (Å²) < 4.78 is 74.9. The third kappa shape index (κ3) is 7.48. The van der Waals surface area contributed by atoms with Crippen LogP contribution in [0.3, 0.4) is 0 Å². The summed E-state index contributed by atoms with van der Waals surface area (Å²) in [5, 5.41) is 22.1. The number of hydrogen-bond donors (Lipinski definition) is 3. The van der Waals surface area contributed by atoms with Gasteiger partial charge in [0.2, 0.25) is 10.0 Å². The number of amides is 1. The Bertz CT molecular complexity index is 1460. The number of piperidine rings is 1. The normalized spacial score (nSPS) is 18.3. The first kappa shape index (κ1) is 31.5. The van der Waals surface area contributed by atoms with Gasteiger partial charge in [-0.05, 0) is 73.7 Å². The monoisotopic (exact) mass is 611 g/mol. The van der Waals surface area contributed by atoms with E-state index in [1.54, 1.807) is 12.1 Å². The molecule has 0 radical (unpaired) electrons. The summed E-state index contributed by atoms with van der Waals surface area (Å²) in [5.41, 5.74) is 1.22. The van der Waals surface area contributed by atoms with Crippen molar-refractivity contribution < 1.29 is 46.1 Å². The molecule has 1 saturated heterocycles. The minimum Gasteiger partial charge on any atom is -0.493 e. The van der Waals surface area contributed by atoms with Crippen molar-refractivity contribution in [3.63, 3.8) is 0 Å².